The number of aromatic nitrogens is 2. The second-order valence-electron chi connectivity index (χ2n) is 4.73. The average molecular weight is 299 g/mol. The third-order valence-electron chi connectivity index (χ3n) is 3.35. The highest BCUT2D eigenvalue weighted by molar-refractivity contribution is 7.16. The molecule has 0 unspecified atom stereocenters. The number of hydrogen-bond donors (Lipinski definition) is 2. The molecule has 3 rings (SSSR count). The van der Waals surface area contributed by atoms with Crippen molar-refractivity contribution in [1.29, 1.82) is 0 Å². The molecule has 3 aromatic rings. The fraction of sp³-hybridized carbons (Fsp3) is 0.200. The first kappa shape index (κ1) is 13.8. The molecule has 108 valence electrons. The van der Waals surface area contributed by atoms with Crippen LogP contribution in [-0.4, -0.2) is 16.5 Å². The van der Waals surface area contributed by atoms with Crippen molar-refractivity contribution in [3.8, 4) is 0 Å². The van der Waals surface area contributed by atoms with Gasteiger partial charge in [0.05, 0.1) is 5.39 Å². The van der Waals surface area contributed by atoms with Gasteiger partial charge in [-0.2, -0.15) is 4.98 Å². The molecule has 0 aliphatic carbocycles. The summed E-state index contributed by atoms with van der Waals surface area (Å²) >= 11 is 1.58. The smallest absolute Gasteiger partial charge is 0.240 e. The Morgan fingerprint density at radius 1 is 1.19 bits per heavy atom. The van der Waals surface area contributed by atoms with E-state index >= 15 is 0 Å². The van der Waals surface area contributed by atoms with Crippen molar-refractivity contribution in [2.75, 3.05) is 16.9 Å². The third kappa shape index (κ3) is 2.55. The minimum absolute atomic E-state index is 0.436. The molecule has 0 bridgehead atoms. The molecule has 0 radical (unpaired) electrons. The third-order valence-corrected chi connectivity index (χ3v) is 4.16. The Hall–Kier alpha value is -2.18. The van der Waals surface area contributed by atoms with Gasteiger partial charge in [-0.15, -0.1) is 11.3 Å². The van der Waals surface area contributed by atoms with Crippen molar-refractivity contribution in [3.63, 3.8) is 0 Å². The van der Waals surface area contributed by atoms with Crippen LogP contribution in [0.15, 0.2) is 35.7 Å². The van der Waals surface area contributed by atoms with Crippen LogP contribution in [-0.2, 0) is 0 Å². The van der Waals surface area contributed by atoms with E-state index in [0.29, 0.717) is 5.95 Å². The van der Waals surface area contributed by atoms with Gasteiger partial charge >= 0.3 is 0 Å². The van der Waals surface area contributed by atoms with Gasteiger partial charge in [-0.3, -0.25) is 5.43 Å². The maximum atomic E-state index is 5.49. The molecule has 3 N–H and O–H groups in total. The van der Waals surface area contributed by atoms with Gasteiger partial charge in [0.1, 0.15) is 10.6 Å². The van der Waals surface area contributed by atoms with Gasteiger partial charge in [0.25, 0.3) is 0 Å². The topological polar surface area (TPSA) is 67.1 Å². The number of thiophene rings is 1. The van der Waals surface area contributed by atoms with E-state index in [1.807, 2.05) is 11.4 Å². The molecular weight excluding hydrogens is 282 g/mol. The van der Waals surface area contributed by atoms with Crippen LogP contribution >= 0.6 is 11.3 Å². The minimum atomic E-state index is 0.436. The number of benzene rings is 1. The second kappa shape index (κ2) is 5.67. The zero-order valence-corrected chi connectivity index (χ0v) is 12.8. The Bertz CT molecular complexity index is 750. The van der Waals surface area contributed by atoms with Crippen LogP contribution in [0.5, 0.6) is 0 Å². The summed E-state index contributed by atoms with van der Waals surface area (Å²) in [5, 5.41) is 3.06. The molecule has 0 saturated carbocycles. The number of hydrazine groups is 1. The summed E-state index contributed by atoms with van der Waals surface area (Å²) < 4.78 is 0. The van der Waals surface area contributed by atoms with Gasteiger partial charge in [-0.1, -0.05) is 17.7 Å². The monoisotopic (exact) mass is 299 g/mol. The van der Waals surface area contributed by atoms with E-state index in [9.17, 15) is 0 Å². The van der Waals surface area contributed by atoms with Crippen LogP contribution in [0, 0.1) is 6.92 Å². The van der Waals surface area contributed by atoms with E-state index in [1.165, 1.54) is 5.56 Å². The molecule has 2 heterocycles. The maximum Gasteiger partial charge on any atom is 0.240 e. The fourth-order valence-electron chi connectivity index (χ4n) is 2.29. The SMILES string of the molecule is CCN(c1ccc(C)cc1)c1nc(NN)nc2sccc12. The first-order valence-corrected chi connectivity index (χ1v) is 7.67. The van der Waals surface area contributed by atoms with Crippen LogP contribution in [0.4, 0.5) is 17.5 Å². The van der Waals surface area contributed by atoms with Crippen molar-refractivity contribution in [3.05, 3.63) is 41.3 Å². The van der Waals surface area contributed by atoms with Crippen molar-refractivity contribution >= 4 is 39.0 Å². The first-order valence-electron chi connectivity index (χ1n) is 6.79. The van der Waals surface area contributed by atoms with E-state index in [1.54, 1.807) is 11.3 Å². The number of anilines is 3. The van der Waals surface area contributed by atoms with E-state index in [0.717, 1.165) is 28.3 Å². The Morgan fingerprint density at radius 3 is 2.62 bits per heavy atom. The number of nitrogens with zero attached hydrogens (tertiary/aromatic N) is 3. The van der Waals surface area contributed by atoms with Crippen LogP contribution in [0.25, 0.3) is 10.2 Å². The van der Waals surface area contributed by atoms with Crippen molar-refractivity contribution < 1.29 is 0 Å². The molecule has 1 aromatic carbocycles. The lowest BCUT2D eigenvalue weighted by atomic mass is 10.2. The van der Waals surface area contributed by atoms with Gasteiger partial charge in [0.2, 0.25) is 5.95 Å². The summed E-state index contributed by atoms with van der Waals surface area (Å²) in [6.45, 7) is 5.00. The van der Waals surface area contributed by atoms with Gasteiger partial charge < -0.3 is 4.90 Å². The molecule has 0 saturated heterocycles. The minimum Gasteiger partial charge on any atom is -0.326 e. The zero-order chi connectivity index (χ0) is 14.8. The highest BCUT2D eigenvalue weighted by atomic mass is 32.1. The summed E-state index contributed by atoms with van der Waals surface area (Å²) in [6, 6.07) is 10.5. The number of fused-ring (bicyclic) bond motifs is 1. The van der Waals surface area contributed by atoms with Gasteiger partial charge in [-0.25, -0.2) is 10.8 Å². The van der Waals surface area contributed by atoms with Gasteiger partial charge in [0.15, 0.2) is 0 Å². The first-order chi connectivity index (χ1) is 10.2. The molecule has 0 amide bonds. The standard InChI is InChI=1S/C15H17N5S/c1-3-20(11-6-4-10(2)5-7-11)13-12-8-9-21-14(12)18-15(17-13)19-16/h4-9H,3,16H2,1-2H3,(H,17,18,19). The summed E-state index contributed by atoms with van der Waals surface area (Å²) in [6.07, 6.45) is 0. The number of hydrogen-bond acceptors (Lipinski definition) is 6. The Labute approximate surface area is 127 Å². The quantitative estimate of drug-likeness (QED) is 0.570. The molecule has 5 nitrogen and oxygen atoms in total. The molecule has 0 fully saturated rings. The molecule has 0 aliphatic rings. The summed E-state index contributed by atoms with van der Waals surface area (Å²) in [4.78, 5) is 12.0. The predicted molar refractivity (Wildman–Crippen MR) is 89.1 cm³/mol. The van der Waals surface area contributed by atoms with Crippen LogP contribution < -0.4 is 16.2 Å². The summed E-state index contributed by atoms with van der Waals surface area (Å²) in [7, 11) is 0. The van der Waals surface area contributed by atoms with Crippen molar-refractivity contribution in [1.82, 2.24) is 9.97 Å². The molecule has 0 aliphatic heterocycles. The largest absolute Gasteiger partial charge is 0.326 e. The van der Waals surface area contributed by atoms with Gasteiger partial charge in [0, 0.05) is 12.2 Å². The lowest BCUT2D eigenvalue weighted by Gasteiger charge is -2.23. The van der Waals surface area contributed by atoms with E-state index in [-0.39, 0.29) is 0 Å². The summed E-state index contributed by atoms with van der Waals surface area (Å²) in [5.74, 6) is 6.80. The average Bonchev–Trinajstić information content (AvgIpc) is 2.98. The number of nitrogens with two attached hydrogens (primary N) is 1. The van der Waals surface area contributed by atoms with E-state index < -0.39 is 0 Å². The second-order valence-corrected chi connectivity index (χ2v) is 5.63. The molecule has 0 atom stereocenters. The Kier molecular flexibility index (Phi) is 3.72. The molecule has 0 spiro atoms. The van der Waals surface area contributed by atoms with Crippen molar-refractivity contribution in [2.24, 2.45) is 5.84 Å². The van der Waals surface area contributed by atoms with Crippen molar-refractivity contribution in [2.45, 2.75) is 13.8 Å². The molecule has 6 heteroatoms. The number of rotatable bonds is 4. The van der Waals surface area contributed by atoms with E-state index in [4.69, 9.17) is 5.84 Å². The molecule has 21 heavy (non-hydrogen) atoms. The normalized spacial score (nSPS) is 10.8. The number of nitrogen functional groups attached to an aromatic ring is 1. The van der Waals surface area contributed by atoms with Gasteiger partial charge in [-0.05, 0) is 37.4 Å². The lowest BCUT2D eigenvalue weighted by molar-refractivity contribution is 0.988. The highest BCUT2D eigenvalue weighted by Gasteiger charge is 2.15. The highest BCUT2D eigenvalue weighted by Crippen LogP contribution is 2.33. The summed E-state index contributed by atoms with van der Waals surface area (Å²) in [5.41, 5.74) is 4.89. The van der Waals surface area contributed by atoms with Crippen LogP contribution in [0.2, 0.25) is 0 Å². The molecular formula is C15H17N5S. The lowest BCUT2D eigenvalue weighted by Crippen LogP contribution is -2.19. The number of nitrogens with one attached hydrogen (secondary N) is 1. The predicted octanol–water partition coefficient (Wildman–Crippen LogP) is 3.44. The van der Waals surface area contributed by atoms with E-state index in [2.05, 4.69) is 58.4 Å². The molecule has 2 aromatic heterocycles. The zero-order valence-electron chi connectivity index (χ0n) is 12.0. The van der Waals surface area contributed by atoms with Crippen LogP contribution in [0.3, 0.4) is 0 Å². The Morgan fingerprint density at radius 2 is 1.95 bits per heavy atom. The maximum absolute atomic E-state index is 5.49. The fourth-order valence-corrected chi connectivity index (χ4v) is 3.05. The van der Waals surface area contributed by atoms with Crippen LogP contribution in [0.1, 0.15) is 12.5 Å². The Balaban J connectivity index is 2.15. The number of aryl methyl sites for hydroxylation is 1.